The van der Waals surface area contributed by atoms with E-state index in [9.17, 15) is 4.39 Å². The zero-order valence-electron chi connectivity index (χ0n) is 11.0. The summed E-state index contributed by atoms with van der Waals surface area (Å²) in [5, 5.41) is 3.51. The minimum atomic E-state index is -0.335. The molecule has 1 aromatic carbocycles. The Labute approximate surface area is 116 Å². The molecular weight excluding hydrogens is 265 g/mol. The number of benzene rings is 1. The van der Waals surface area contributed by atoms with Crippen LogP contribution in [0.5, 0.6) is 0 Å². The van der Waals surface area contributed by atoms with E-state index in [0.717, 1.165) is 11.4 Å². The van der Waals surface area contributed by atoms with Gasteiger partial charge in [0.2, 0.25) is 0 Å². The Morgan fingerprint density at radius 3 is 2.63 bits per heavy atom. The van der Waals surface area contributed by atoms with Crippen LogP contribution in [0.2, 0.25) is 5.02 Å². The molecule has 0 aliphatic carbocycles. The molecule has 100 valence electrons. The van der Waals surface area contributed by atoms with Crippen molar-refractivity contribution in [3.63, 3.8) is 0 Å². The predicted molar refractivity (Wildman–Crippen MR) is 76.1 cm³/mol. The van der Waals surface area contributed by atoms with Crippen molar-refractivity contribution in [3.8, 4) is 11.3 Å². The molecule has 0 aliphatic heterocycles. The van der Waals surface area contributed by atoms with Crippen LogP contribution in [-0.4, -0.2) is 17.0 Å². The molecule has 1 N–H and O–H groups in total. The molecule has 0 unspecified atom stereocenters. The highest BCUT2D eigenvalue weighted by Crippen LogP contribution is 2.35. The van der Waals surface area contributed by atoms with Crippen LogP contribution < -0.4 is 5.32 Å². The molecular formula is C14H15ClFN3. The highest BCUT2D eigenvalue weighted by molar-refractivity contribution is 6.33. The van der Waals surface area contributed by atoms with E-state index < -0.39 is 0 Å². The summed E-state index contributed by atoms with van der Waals surface area (Å²) < 4.78 is 13.4. The maximum Gasteiger partial charge on any atom is 0.133 e. The second-order valence-corrected chi connectivity index (χ2v) is 4.92. The Morgan fingerprint density at radius 1 is 1.26 bits per heavy atom. The molecule has 2 rings (SSSR count). The van der Waals surface area contributed by atoms with E-state index in [-0.39, 0.29) is 11.7 Å². The van der Waals surface area contributed by atoms with Crippen molar-refractivity contribution in [3.05, 3.63) is 40.9 Å². The maximum absolute atomic E-state index is 13.4. The summed E-state index contributed by atoms with van der Waals surface area (Å²) in [6.45, 7) is 4.08. The predicted octanol–water partition coefficient (Wildman–Crippen LogP) is 4.10. The van der Waals surface area contributed by atoms with E-state index in [4.69, 9.17) is 11.6 Å². The van der Waals surface area contributed by atoms with E-state index >= 15 is 0 Å². The van der Waals surface area contributed by atoms with Gasteiger partial charge in [-0.1, -0.05) is 25.4 Å². The molecule has 1 aromatic heterocycles. The van der Waals surface area contributed by atoms with Crippen molar-refractivity contribution >= 4 is 17.4 Å². The number of nitrogens with one attached hydrogen (secondary N) is 1. The topological polar surface area (TPSA) is 37.8 Å². The van der Waals surface area contributed by atoms with Gasteiger partial charge in [-0.15, -0.1) is 0 Å². The van der Waals surface area contributed by atoms with Gasteiger partial charge in [0.1, 0.15) is 18.0 Å². The van der Waals surface area contributed by atoms with Gasteiger partial charge in [-0.25, -0.2) is 14.4 Å². The van der Waals surface area contributed by atoms with Crippen LogP contribution in [0.4, 0.5) is 10.2 Å². The molecule has 0 saturated carbocycles. The van der Waals surface area contributed by atoms with Crippen LogP contribution in [0.15, 0.2) is 24.5 Å². The Morgan fingerprint density at radius 2 is 2.00 bits per heavy atom. The monoisotopic (exact) mass is 279 g/mol. The Kier molecular flexibility index (Phi) is 4.00. The maximum atomic E-state index is 13.4. The Hall–Kier alpha value is -1.68. The Balaban J connectivity index is 2.71. The molecule has 5 heteroatoms. The van der Waals surface area contributed by atoms with E-state index in [1.165, 1.54) is 24.5 Å². The lowest BCUT2D eigenvalue weighted by atomic mass is 9.97. The molecule has 0 spiro atoms. The van der Waals surface area contributed by atoms with E-state index in [1.54, 1.807) is 7.05 Å². The molecule has 2 aromatic rings. The zero-order valence-corrected chi connectivity index (χ0v) is 11.8. The lowest BCUT2D eigenvalue weighted by Gasteiger charge is -2.16. The zero-order chi connectivity index (χ0) is 14.0. The van der Waals surface area contributed by atoms with Gasteiger partial charge in [-0.3, -0.25) is 0 Å². The summed E-state index contributed by atoms with van der Waals surface area (Å²) >= 11 is 6.16. The molecule has 3 nitrogen and oxygen atoms in total. The second kappa shape index (κ2) is 5.53. The van der Waals surface area contributed by atoms with Crippen molar-refractivity contribution in [1.29, 1.82) is 0 Å². The number of hydrogen-bond donors (Lipinski definition) is 1. The lowest BCUT2D eigenvalue weighted by Crippen LogP contribution is -2.05. The third-order valence-corrected chi connectivity index (χ3v) is 3.21. The highest BCUT2D eigenvalue weighted by Gasteiger charge is 2.17. The number of aromatic nitrogens is 2. The van der Waals surface area contributed by atoms with Crippen LogP contribution in [0, 0.1) is 5.82 Å². The molecule has 1 heterocycles. The number of rotatable bonds is 3. The van der Waals surface area contributed by atoms with Gasteiger partial charge >= 0.3 is 0 Å². The number of halogens is 2. The summed E-state index contributed by atoms with van der Waals surface area (Å²) in [6.07, 6.45) is 1.45. The minimum absolute atomic E-state index is 0.193. The third kappa shape index (κ3) is 2.68. The third-order valence-electron chi connectivity index (χ3n) is 2.88. The van der Waals surface area contributed by atoms with Gasteiger partial charge in [-0.2, -0.15) is 0 Å². The normalized spacial score (nSPS) is 10.8. The fourth-order valence-corrected chi connectivity index (χ4v) is 2.24. The van der Waals surface area contributed by atoms with Crippen molar-refractivity contribution in [2.75, 3.05) is 12.4 Å². The van der Waals surface area contributed by atoms with Crippen LogP contribution >= 0.6 is 11.6 Å². The van der Waals surface area contributed by atoms with Gasteiger partial charge in [0.15, 0.2) is 0 Å². The van der Waals surface area contributed by atoms with Crippen molar-refractivity contribution in [1.82, 2.24) is 9.97 Å². The minimum Gasteiger partial charge on any atom is -0.373 e. The van der Waals surface area contributed by atoms with Gasteiger partial charge in [0.25, 0.3) is 0 Å². The summed E-state index contributed by atoms with van der Waals surface area (Å²) in [5.41, 5.74) is 2.18. The van der Waals surface area contributed by atoms with Crippen molar-refractivity contribution in [2.24, 2.45) is 0 Å². The molecule has 0 radical (unpaired) electrons. The lowest BCUT2D eigenvalue weighted by molar-refractivity contribution is 0.628. The smallest absolute Gasteiger partial charge is 0.133 e. The Bertz CT molecular complexity index is 599. The van der Waals surface area contributed by atoms with Crippen LogP contribution in [0.1, 0.15) is 25.3 Å². The molecule has 0 bridgehead atoms. The van der Waals surface area contributed by atoms with E-state index in [1.807, 2.05) is 13.8 Å². The average molecular weight is 280 g/mol. The molecule has 0 amide bonds. The first-order chi connectivity index (χ1) is 9.04. The molecule has 0 atom stereocenters. The number of anilines is 1. The number of hydrogen-bond acceptors (Lipinski definition) is 3. The summed E-state index contributed by atoms with van der Waals surface area (Å²) in [7, 11) is 1.80. The van der Waals surface area contributed by atoms with Crippen LogP contribution in [-0.2, 0) is 0 Å². The van der Waals surface area contributed by atoms with E-state index in [2.05, 4.69) is 15.3 Å². The first-order valence-corrected chi connectivity index (χ1v) is 6.40. The quantitative estimate of drug-likeness (QED) is 0.919. The molecule has 0 fully saturated rings. The highest BCUT2D eigenvalue weighted by atomic mass is 35.5. The van der Waals surface area contributed by atoms with E-state index in [0.29, 0.717) is 16.3 Å². The molecule has 0 aliphatic rings. The SMILES string of the molecule is CNc1ncnc(-c2cc(F)ccc2Cl)c1C(C)C. The summed E-state index contributed by atoms with van der Waals surface area (Å²) in [4.78, 5) is 8.48. The number of nitrogens with zero attached hydrogens (tertiary/aromatic N) is 2. The van der Waals surface area contributed by atoms with Crippen LogP contribution in [0.3, 0.4) is 0 Å². The first-order valence-electron chi connectivity index (χ1n) is 6.02. The van der Waals surface area contributed by atoms with Crippen molar-refractivity contribution < 1.29 is 4.39 Å². The molecule has 0 saturated heterocycles. The van der Waals surface area contributed by atoms with Gasteiger partial charge < -0.3 is 5.32 Å². The fraction of sp³-hybridized carbons (Fsp3) is 0.286. The van der Waals surface area contributed by atoms with Crippen molar-refractivity contribution in [2.45, 2.75) is 19.8 Å². The fourth-order valence-electron chi connectivity index (χ4n) is 2.04. The van der Waals surface area contributed by atoms with Gasteiger partial charge in [0.05, 0.1) is 10.7 Å². The largest absolute Gasteiger partial charge is 0.373 e. The van der Waals surface area contributed by atoms with Crippen LogP contribution in [0.25, 0.3) is 11.3 Å². The molecule has 19 heavy (non-hydrogen) atoms. The summed E-state index contributed by atoms with van der Waals surface area (Å²) in [5.74, 6) is 0.594. The average Bonchev–Trinajstić information content (AvgIpc) is 2.40. The second-order valence-electron chi connectivity index (χ2n) is 4.51. The standard InChI is InChI=1S/C14H15ClFN3/c1-8(2)12-13(18-7-19-14(12)17-3)10-6-9(16)4-5-11(10)15/h4-8H,1-3H3,(H,17,18,19). The van der Waals surface area contributed by atoms with Gasteiger partial charge in [0, 0.05) is 18.2 Å². The summed E-state index contributed by atoms with van der Waals surface area (Å²) in [6, 6.07) is 4.27. The van der Waals surface area contributed by atoms with Gasteiger partial charge in [-0.05, 0) is 24.1 Å². The first kappa shape index (κ1) is 13.7.